The van der Waals surface area contributed by atoms with Crippen LogP contribution in [0.25, 0.3) is 10.8 Å². The highest BCUT2D eigenvalue weighted by molar-refractivity contribution is 6.11. The first kappa shape index (κ1) is 26.5. The molecule has 6 nitrogen and oxygen atoms in total. The second kappa shape index (κ2) is 12.6. The van der Waals surface area contributed by atoms with Crippen molar-refractivity contribution in [2.45, 2.75) is 6.92 Å². The van der Waals surface area contributed by atoms with Gasteiger partial charge in [-0.3, -0.25) is 9.59 Å². The van der Waals surface area contributed by atoms with E-state index < -0.39 is 0 Å². The molecule has 0 spiro atoms. The lowest BCUT2D eigenvalue weighted by molar-refractivity contribution is 0.0987. The molecule has 2 amide bonds. The summed E-state index contributed by atoms with van der Waals surface area (Å²) in [6, 6.07) is 37.5. The molecule has 1 N–H and O–H groups in total. The Hall–Kier alpha value is -5.10. The summed E-state index contributed by atoms with van der Waals surface area (Å²) in [6.07, 6.45) is 0. The maximum atomic E-state index is 13.4. The van der Waals surface area contributed by atoms with Crippen LogP contribution in [-0.4, -0.2) is 31.6 Å². The molecule has 40 heavy (non-hydrogen) atoms. The third-order valence-corrected chi connectivity index (χ3v) is 6.49. The zero-order chi connectivity index (χ0) is 27.7. The zero-order valence-corrected chi connectivity index (χ0v) is 22.2. The summed E-state index contributed by atoms with van der Waals surface area (Å²) in [5.41, 5.74) is 2.40. The van der Waals surface area contributed by atoms with Gasteiger partial charge in [0.15, 0.2) is 0 Å². The van der Waals surface area contributed by atoms with Crippen LogP contribution in [0.4, 0.5) is 11.4 Å². The minimum atomic E-state index is -0.301. The van der Waals surface area contributed by atoms with Crippen molar-refractivity contribution < 1.29 is 19.1 Å². The molecule has 5 rings (SSSR count). The van der Waals surface area contributed by atoms with E-state index in [0.717, 1.165) is 22.2 Å². The van der Waals surface area contributed by atoms with E-state index in [9.17, 15) is 9.59 Å². The van der Waals surface area contributed by atoms with Gasteiger partial charge in [0.2, 0.25) is 0 Å². The summed E-state index contributed by atoms with van der Waals surface area (Å²) < 4.78 is 11.5. The maximum absolute atomic E-state index is 13.4. The van der Waals surface area contributed by atoms with Crippen LogP contribution < -0.4 is 19.7 Å². The van der Waals surface area contributed by atoms with Crippen molar-refractivity contribution in [3.05, 3.63) is 132 Å². The van der Waals surface area contributed by atoms with Gasteiger partial charge >= 0.3 is 0 Å². The van der Waals surface area contributed by atoms with Gasteiger partial charge in [0.25, 0.3) is 11.8 Å². The number of rotatable bonds is 10. The second-order valence-corrected chi connectivity index (χ2v) is 9.09. The van der Waals surface area contributed by atoms with Crippen molar-refractivity contribution in [3.8, 4) is 11.5 Å². The molecule has 5 aromatic rings. The third-order valence-electron chi connectivity index (χ3n) is 6.49. The van der Waals surface area contributed by atoms with Gasteiger partial charge in [-0.2, -0.15) is 0 Å². The number of nitrogens with one attached hydrogen (secondary N) is 1. The number of ether oxygens (including phenoxy) is 2. The molecule has 200 valence electrons. The van der Waals surface area contributed by atoms with E-state index in [0.29, 0.717) is 42.3 Å². The molecule has 0 bridgehead atoms. The standard InChI is InChI=1S/C34H30N2O4/c1-2-36(31-17-10-12-25-11-6-7-15-29(25)31)34(38)26-19-21-27(22-20-26)35-33(37)30-16-8-9-18-32(30)40-24-23-39-28-13-4-3-5-14-28/h3-22H,2,23-24H2,1H3,(H,35,37). The summed E-state index contributed by atoms with van der Waals surface area (Å²) >= 11 is 0. The average molecular weight is 531 g/mol. The van der Waals surface area contributed by atoms with Crippen molar-refractivity contribution in [2.75, 3.05) is 30.0 Å². The van der Waals surface area contributed by atoms with Crippen LogP contribution in [0.2, 0.25) is 0 Å². The first-order valence-electron chi connectivity index (χ1n) is 13.2. The summed E-state index contributed by atoms with van der Waals surface area (Å²) in [5, 5.41) is 5.01. The third kappa shape index (κ3) is 6.13. The number of hydrogen-bond donors (Lipinski definition) is 1. The fourth-order valence-electron chi connectivity index (χ4n) is 4.53. The van der Waals surface area contributed by atoms with Gasteiger partial charge in [-0.25, -0.2) is 0 Å². The number of anilines is 2. The Balaban J connectivity index is 1.23. The van der Waals surface area contributed by atoms with Crippen LogP contribution in [0.1, 0.15) is 27.6 Å². The normalized spacial score (nSPS) is 10.6. The Kier molecular flexibility index (Phi) is 8.37. The molecule has 0 fully saturated rings. The lowest BCUT2D eigenvalue weighted by Gasteiger charge is -2.23. The largest absolute Gasteiger partial charge is 0.490 e. The fourth-order valence-corrected chi connectivity index (χ4v) is 4.53. The van der Waals surface area contributed by atoms with E-state index in [1.54, 1.807) is 47.4 Å². The summed E-state index contributed by atoms with van der Waals surface area (Å²) in [7, 11) is 0. The predicted octanol–water partition coefficient (Wildman–Crippen LogP) is 7.22. The van der Waals surface area contributed by atoms with Crippen LogP contribution in [0.15, 0.2) is 121 Å². The average Bonchev–Trinajstić information content (AvgIpc) is 3.01. The first-order valence-corrected chi connectivity index (χ1v) is 13.2. The topological polar surface area (TPSA) is 67.9 Å². The lowest BCUT2D eigenvalue weighted by Crippen LogP contribution is -2.30. The maximum Gasteiger partial charge on any atom is 0.259 e. The number of benzene rings is 5. The molecule has 0 saturated carbocycles. The van der Waals surface area contributed by atoms with E-state index >= 15 is 0 Å². The summed E-state index contributed by atoms with van der Waals surface area (Å²) in [5.74, 6) is 0.827. The molecule has 0 atom stereocenters. The molecule has 0 unspecified atom stereocenters. The number of amides is 2. The molecule has 5 aromatic carbocycles. The summed E-state index contributed by atoms with van der Waals surface area (Å²) in [4.78, 5) is 28.3. The highest BCUT2D eigenvalue weighted by Crippen LogP contribution is 2.28. The molecule has 0 aliphatic carbocycles. The van der Waals surface area contributed by atoms with Gasteiger partial charge in [-0.1, -0.05) is 66.7 Å². The van der Waals surface area contributed by atoms with Gasteiger partial charge < -0.3 is 19.7 Å². The molecular formula is C34H30N2O4. The van der Waals surface area contributed by atoms with Gasteiger partial charge in [0.1, 0.15) is 24.7 Å². The molecule has 6 heteroatoms. The van der Waals surface area contributed by atoms with E-state index in [-0.39, 0.29) is 11.8 Å². The van der Waals surface area contributed by atoms with Crippen LogP contribution in [0, 0.1) is 0 Å². The van der Waals surface area contributed by atoms with E-state index in [4.69, 9.17) is 9.47 Å². The minimum absolute atomic E-state index is 0.104. The molecule has 0 heterocycles. The Morgan fingerprint density at radius 1 is 0.700 bits per heavy atom. The number of nitrogens with zero attached hydrogens (tertiary/aromatic N) is 1. The Bertz CT molecular complexity index is 1590. The number of carbonyl (C=O) groups is 2. The van der Waals surface area contributed by atoms with Gasteiger partial charge in [-0.05, 0) is 66.9 Å². The van der Waals surface area contributed by atoms with Crippen LogP contribution in [0.5, 0.6) is 11.5 Å². The van der Waals surface area contributed by atoms with Gasteiger partial charge in [0.05, 0.1) is 11.3 Å². The van der Waals surface area contributed by atoms with Gasteiger partial charge in [0, 0.05) is 23.2 Å². The van der Waals surface area contributed by atoms with Crippen molar-refractivity contribution in [1.82, 2.24) is 0 Å². The fraction of sp³-hybridized carbons (Fsp3) is 0.118. The molecule has 0 saturated heterocycles. The Labute approximate surface area is 233 Å². The molecule has 0 radical (unpaired) electrons. The van der Waals surface area contributed by atoms with Gasteiger partial charge in [-0.15, -0.1) is 0 Å². The zero-order valence-electron chi connectivity index (χ0n) is 22.2. The Morgan fingerprint density at radius 3 is 2.17 bits per heavy atom. The quantitative estimate of drug-likeness (QED) is 0.194. The first-order chi connectivity index (χ1) is 19.6. The van der Waals surface area contributed by atoms with E-state index in [1.807, 2.05) is 85.8 Å². The second-order valence-electron chi connectivity index (χ2n) is 9.09. The predicted molar refractivity (Wildman–Crippen MR) is 160 cm³/mol. The smallest absolute Gasteiger partial charge is 0.259 e. The van der Waals surface area contributed by atoms with Crippen LogP contribution >= 0.6 is 0 Å². The SMILES string of the molecule is CCN(C(=O)c1ccc(NC(=O)c2ccccc2OCCOc2ccccc2)cc1)c1cccc2ccccc12. The van der Waals surface area contributed by atoms with E-state index in [1.165, 1.54) is 0 Å². The number of hydrogen-bond acceptors (Lipinski definition) is 4. The van der Waals surface area contributed by atoms with Crippen molar-refractivity contribution in [1.29, 1.82) is 0 Å². The monoisotopic (exact) mass is 530 g/mol. The molecule has 0 aliphatic rings. The van der Waals surface area contributed by atoms with Crippen LogP contribution in [-0.2, 0) is 0 Å². The molecular weight excluding hydrogens is 500 g/mol. The van der Waals surface area contributed by atoms with E-state index in [2.05, 4.69) is 5.32 Å². The van der Waals surface area contributed by atoms with Crippen LogP contribution in [0.3, 0.4) is 0 Å². The molecule has 0 aliphatic heterocycles. The van der Waals surface area contributed by atoms with Crippen molar-refractivity contribution in [3.63, 3.8) is 0 Å². The lowest BCUT2D eigenvalue weighted by atomic mass is 10.1. The van der Waals surface area contributed by atoms with Crippen molar-refractivity contribution >= 4 is 34.0 Å². The highest BCUT2D eigenvalue weighted by atomic mass is 16.5. The number of fused-ring (bicyclic) bond motifs is 1. The number of carbonyl (C=O) groups excluding carboxylic acids is 2. The number of para-hydroxylation sites is 2. The highest BCUT2D eigenvalue weighted by Gasteiger charge is 2.19. The van der Waals surface area contributed by atoms with Crippen molar-refractivity contribution in [2.24, 2.45) is 0 Å². The minimum Gasteiger partial charge on any atom is -0.490 e. The molecule has 0 aromatic heterocycles. The summed E-state index contributed by atoms with van der Waals surface area (Å²) in [6.45, 7) is 3.13. The Morgan fingerprint density at radius 2 is 1.38 bits per heavy atom.